The van der Waals surface area contributed by atoms with Gasteiger partial charge in [0.15, 0.2) is 0 Å². The second-order valence-electron chi connectivity index (χ2n) is 8.15. The van der Waals surface area contributed by atoms with Crippen LogP contribution in [0.4, 0.5) is 0 Å². The maximum Gasteiger partial charge on any atom is 0.343 e. The average molecular weight is 411 g/mol. The molecular formula is C27H38O3. The minimum atomic E-state index is -0.343. The van der Waals surface area contributed by atoms with Crippen LogP contribution in [0, 0.1) is 0 Å². The highest BCUT2D eigenvalue weighted by molar-refractivity contribution is 5.91. The molecule has 0 N–H and O–H groups in total. The molecule has 0 bridgehead atoms. The third kappa shape index (κ3) is 9.02. The van der Waals surface area contributed by atoms with Crippen molar-refractivity contribution in [1.82, 2.24) is 0 Å². The maximum atomic E-state index is 12.4. The van der Waals surface area contributed by atoms with Crippen molar-refractivity contribution >= 4 is 5.97 Å². The molecule has 0 spiro atoms. The average Bonchev–Trinajstić information content (AvgIpc) is 2.76. The summed E-state index contributed by atoms with van der Waals surface area (Å²) in [6.07, 6.45) is 12.3. The summed E-state index contributed by atoms with van der Waals surface area (Å²) in [5.74, 6) is 1.03. The molecule has 0 amide bonds. The number of benzene rings is 2. The van der Waals surface area contributed by atoms with Crippen LogP contribution in [-0.4, -0.2) is 12.1 Å². The molecule has 3 nitrogen and oxygen atoms in total. The Morgan fingerprint density at radius 3 is 2.00 bits per heavy atom. The Morgan fingerprint density at radius 2 is 1.37 bits per heavy atom. The van der Waals surface area contributed by atoms with Crippen molar-refractivity contribution in [2.75, 3.05) is 0 Å². The number of unbranched alkanes of at least 4 members (excludes halogenated alkanes) is 6. The van der Waals surface area contributed by atoms with Gasteiger partial charge in [-0.25, -0.2) is 4.79 Å². The summed E-state index contributed by atoms with van der Waals surface area (Å²) in [5.41, 5.74) is 1.82. The summed E-state index contributed by atoms with van der Waals surface area (Å²) in [6.45, 7) is 6.54. The van der Waals surface area contributed by atoms with Crippen molar-refractivity contribution in [3.05, 3.63) is 59.7 Å². The molecule has 0 saturated carbocycles. The largest absolute Gasteiger partial charge is 0.491 e. The van der Waals surface area contributed by atoms with Gasteiger partial charge in [-0.3, -0.25) is 0 Å². The van der Waals surface area contributed by atoms with Gasteiger partial charge in [0.1, 0.15) is 11.5 Å². The molecule has 2 aromatic rings. The molecule has 30 heavy (non-hydrogen) atoms. The third-order valence-electron chi connectivity index (χ3n) is 5.34. The van der Waals surface area contributed by atoms with E-state index in [9.17, 15) is 4.79 Å². The highest BCUT2D eigenvalue weighted by Gasteiger charge is 2.10. The lowest BCUT2D eigenvalue weighted by atomic mass is 10.1. The Kier molecular flexibility index (Phi) is 11.1. The van der Waals surface area contributed by atoms with Crippen LogP contribution < -0.4 is 9.47 Å². The van der Waals surface area contributed by atoms with Gasteiger partial charge in [0, 0.05) is 0 Å². The van der Waals surface area contributed by atoms with Gasteiger partial charge in [-0.05, 0) is 74.6 Å². The van der Waals surface area contributed by atoms with Gasteiger partial charge in [-0.2, -0.15) is 0 Å². The van der Waals surface area contributed by atoms with E-state index in [2.05, 4.69) is 20.8 Å². The summed E-state index contributed by atoms with van der Waals surface area (Å²) in [7, 11) is 0. The molecular weight excluding hydrogens is 372 g/mol. The molecule has 1 unspecified atom stereocenters. The van der Waals surface area contributed by atoms with Crippen LogP contribution in [0.1, 0.15) is 94.5 Å². The number of aryl methyl sites for hydroxylation is 1. The fraction of sp³-hybridized carbons (Fsp3) is 0.519. The minimum Gasteiger partial charge on any atom is -0.491 e. The van der Waals surface area contributed by atoms with E-state index in [0.29, 0.717) is 11.3 Å². The lowest BCUT2D eigenvalue weighted by molar-refractivity contribution is 0.0734. The predicted octanol–water partition coefficient (Wildman–Crippen LogP) is 7.77. The summed E-state index contributed by atoms with van der Waals surface area (Å²) >= 11 is 0. The topological polar surface area (TPSA) is 35.5 Å². The molecule has 0 aliphatic heterocycles. The first-order chi connectivity index (χ1) is 14.6. The summed E-state index contributed by atoms with van der Waals surface area (Å²) in [4.78, 5) is 12.4. The number of rotatable bonds is 14. The number of hydrogen-bond acceptors (Lipinski definition) is 3. The van der Waals surface area contributed by atoms with E-state index >= 15 is 0 Å². The zero-order valence-corrected chi connectivity index (χ0v) is 19.0. The molecule has 0 aliphatic carbocycles. The number of hydrogen-bond donors (Lipinski definition) is 0. The van der Waals surface area contributed by atoms with Crippen LogP contribution in [-0.2, 0) is 6.42 Å². The molecule has 2 aromatic carbocycles. The lowest BCUT2D eigenvalue weighted by Crippen LogP contribution is -2.12. The molecule has 2 rings (SSSR count). The highest BCUT2D eigenvalue weighted by Crippen LogP contribution is 2.19. The van der Waals surface area contributed by atoms with Gasteiger partial charge < -0.3 is 9.47 Å². The van der Waals surface area contributed by atoms with Gasteiger partial charge in [0.05, 0.1) is 11.7 Å². The Morgan fingerprint density at radius 1 is 0.767 bits per heavy atom. The number of esters is 1. The Labute approximate surface area is 182 Å². The van der Waals surface area contributed by atoms with Crippen molar-refractivity contribution in [2.45, 2.75) is 91.1 Å². The first kappa shape index (κ1) is 24.0. The maximum absolute atomic E-state index is 12.4. The van der Waals surface area contributed by atoms with E-state index in [1.54, 1.807) is 12.1 Å². The van der Waals surface area contributed by atoms with Crippen molar-refractivity contribution in [1.29, 1.82) is 0 Å². The summed E-state index contributed by atoms with van der Waals surface area (Å²) < 4.78 is 11.5. The molecule has 0 radical (unpaired) electrons. The Hall–Kier alpha value is -2.29. The number of carbonyl (C=O) groups excluding carboxylic acids is 1. The van der Waals surface area contributed by atoms with Crippen molar-refractivity contribution in [3.8, 4) is 11.5 Å². The molecule has 0 aromatic heterocycles. The van der Waals surface area contributed by atoms with Gasteiger partial charge in [0.2, 0.25) is 0 Å². The summed E-state index contributed by atoms with van der Waals surface area (Å²) in [5, 5.41) is 0. The van der Waals surface area contributed by atoms with Crippen LogP contribution in [0.3, 0.4) is 0 Å². The van der Waals surface area contributed by atoms with E-state index in [4.69, 9.17) is 9.47 Å². The highest BCUT2D eigenvalue weighted by atomic mass is 16.5. The smallest absolute Gasteiger partial charge is 0.343 e. The summed E-state index contributed by atoms with van der Waals surface area (Å²) in [6, 6.07) is 15.1. The zero-order chi connectivity index (χ0) is 21.6. The molecule has 164 valence electrons. The third-order valence-corrected chi connectivity index (χ3v) is 5.34. The van der Waals surface area contributed by atoms with E-state index in [1.807, 2.05) is 36.4 Å². The van der Waals surface area contributed by atoms with Gasteiger partial charge in [-0.1, -0.05) is 64.5 Å². The SMILES string of the molecule is CCCCCCc1ccc(OC(=O)c2ccc(OC(C)CCCCCC)cc2)cc1. The normalized spacial score (nSPS) is 11.8. The van der Waals surface area contributed by atoms with Gasteiger partial charge in [-0.15, -0.1) is 0 Å². The monoisotopic (exact) mass is 410 g/mol. The molecule has 0 aliphatic rings. The van der Waals surface area contributed by atoms with E-state index < -0.39 is 0 Å². The van der Waals surface area contributed by atoms with Crippen LogP contribution in [0.2, 0.25) is 0 Å². The first-order valence-corrected chi connectivity index (χ1v) is 11.7. The van der Waals surface area contributed by atoms with Crippen LogP contribution >= 0.6 is 0 Å². The number of ether oxygens (including phenoxy) is 2. The van der Waals surface area contributed by atoms with Crippen molar-refractivity contribution in [3.63, 3.8) is 0 Å². The van der Waals surface area contributed by atoms with Crippen LogP contribution in [0.15, 0.2) is 48.5 Å². The van der Waals surface area contributed by atoms with Crippen LogP contribution in [0.25, 0.3) is 0 Å². The number of carbonyl (C=O) groups is 1. The van der Waals surface area contributed by atoms with Crippen LogP contribution in [0.5, 0.6) is 11.5 Å². The first-order valence-electron chi connectivity index (χ1n) is 11.7. The fourth-order valence-corrected chi connectivity index (χ4v) is 3.47. The Balaban J connectivity index is 1.78. The van der Waals surface area contributed by atoms with Gasteiger partial charge >= 0.3 is 5.97 Å². The second kappa shape index (κ2) is 13.8. The second-order valence-corrected chi connectivity index (χ2v) is 8.15. The standard InChI is InChI=1S/C27H38O3/c1-4-6-8-10-12-22(3)29-25-20-16-24(17-21-25)27(28)30-26-18-14-23(15-19-26)13-11-9-7-5-2/h14-22H,4-13H2,1-3H3. The van der Waals surface area contributed by atoms with E-state index in [0.717, 1.165) is 18.6 Å². The lowest BCUT2D eigenvalue weighted by Gasteiger charge is -2.14. The minimum absolute atomic E-state index is 0.181. The van der Waals surface area contributed by atoms with Crippen molar-refractivity contribution in [2.24, 2.45) is 0 Å². The Bertz CT molecular complexity index is 719. The van der Waals surface area contributed by atoms with Gasteiger partial charge in [0.25, 0.3) is 0 Å². The zero-order valence-electron chi connectivity index (χ0n) is 19.0. The predicted molar refractivity (Wildman–Crippen MR) is 125 cm³/mol. The molecule has 0 fully saturated rings. The molecule has 0 heterocycles. The fourth-order valence-electron chi connectivity index (χ4n) is 3.47. The van der Waals surface area contributed by atoms with E-state index in [-0.39, 0.29) is 12.1 Å². The molecule has 0 saturated heterocycles. The quantitative estimate of drug-likeness (QED) is 0.181. The van der Waals surface area contributed by atoms with E-state index in [1.165, 1.54) is 56.9 Å². The molecule has 1 atom stereocenters. The van der Waals surface area contributed by atoms with Crippen molar-refractivity contribution < 1.29 is 14.3 Å². The molecule has 3 heteroatoms.